The molecule has 0 unspecified atom stereocenters. The summed E-state index contributed by atoms with van der Waals surface area (Å²) in [5.74, 6) is 4.58. The topological polar surface area (TPSA) is 41.5 Å². The predicted molar refractivity (Wildman–Crippen MR) is 120 cm³/mol. The molecule has 2 heterocycles. The monoisotopic (exact) mass is 413 g/mol. The fraction of sp³-hybridized carbons (Fsp3) is 0.926. The van der Waals surface area contributed by atoms with Gasteiger partial charge in [-0.2, -0.15) is 0 Å². The molecule has 3 heteroatoms. The van der Waals surface area contributed by atoms with Crippen molar-refractivity contribution in [3.8, 4) is 0 Å². The molecule has 30 heavy (non-hydrogen) atoms. The number of hydrogen-bond acceptors (Lipinski definition) is 3. The van der Waals surface area contributed by atoms with Gasteiger partial charge in [-0.3, -0.25) is 5.32 Å². The molecule has 1 spiro atoms. The Morgan fingerprint density at radius 3 is 2.67 bits per heavy atom. The van der Waals surface area contributed by atoms with Gasteiger partial charge in [0, 0.05) is 12.5 Å². The molecule has 4 aliphatic carbocycles. The molecule has 0 radical (unpaired) electrons. The first-order valence-electron chi connectivity index (χ1n) is 13.1. The van der Waals surface area contributed by atoms with Crippen molar-refractivity contribution in [1.82, 2.24) is 5.32 Å². The van der Waals surface area contributed by atoms with Crippen molar-refractivity contribution in [2.75, 3.05) is 6.54 Å². The number of hydrogen-bond donors (Lipinski definition) is 2. The molecule has 0 aromatic carbocycles. The molecule has 2 N–H and O–H groups in total. The summed E-state index contributed by atoms with van der Waals surface area (Å²) < 4.78 is 7.00. The zero-order valence-electron chi connectivity index (χ0n) is 19.6. The normalized spacial score (nSPS) is 59.8. The second-order valence-electron chi connectivity index (χ2n) is 12.8. The van der Waals surface area contributed by atoms with E-state index in [1.165, 1.54) is 44.9 Å². The van der Waals surface area contributed by atoms with Gasteiger partial charge in [0.2, 0.25) is 0 Å². The summed E-state index contributed by atoms with van der Waals surface area (Å²) >= 11 is 0. The highest BCUT2D eigenvalue weighted by Gasteiger charge is 2.68. The highest BCUT2D eigenvalue weighted by Crippen LogP contribution is 2.70. The van der Waals surface area contributed by atoms with E-state index in [2.05, 4.69) is 39.1 Å². The number of ether oxygens (including phenoxy) is 1. The maximum atomic E-state index is 10.3. The minimum atomic E-state index is -0.100. The fourth-order valence-corrected chi connectivity index (χ4v) is 9.84. The van der Waals surface area contributed by atoms with Crippen molar-refractivity contribution in [3.05, 3.63) is 11.6 Å². The average Bonchev–Trinajstić information content (AvgIpc) is 3.16. The molecular weight excluding hydrogens is 370 g/mol. The van der Waals surface area contributed by atoms with E-state index in [1.54, 1.807) is 5.57 Å². The largest absolute Gasteiger partial charge is 0.393 e. The quantitative estimate of drug-likeness (QED) is 0.530. The van der Waals surface area contributed by atoms with Crippen LogP contribution in [0.5, 0.6) is 0 Å². The summed E-state index contributed by atoms with van der Waals surface area (Å²) in [6.45, 7) is 11.2. The van der Waals surface area contributed by atoms with Gasteiger partial charge in [-0.1, -0.05) is 39.3 Å². The van der Waals surface area contributed by atoms with Gasteiger partial charge in [-0.15, -0.1) is 0 Å². The van der Waals surface area contributed by atoms with Crippen LogP contribution in [0.2, 0.25) is 0 Å². The second kappa shape index (κ2) is 6.58. The molecule has 0 amide bonds. The summed E-state index contributed by atoms with van der Waals surface area (Å²) in [6.07, 6.45) is 13.8. The SMILES string of the molecule is C[C@H]1CC[C@@]2(NC1)O[C@@H]1C[C@@H]3[C@H]4CC=C5C[C@@H](O)CC[C@@]5(C)[C@H]4CC[C@@]3(C)[C@H]1[C@@H]2C. The average molecular weight is 414 g/mol. The minimum absolute atomic E-state index is 0.0439. The number of aliphatic hydroxyl groups is 1. The van der Waals surface area contributed by atoms with E-state index in [0.717, 1.165) is 49.0 Å². The van der Waals surface area contributed by atoms with Gasteiger partial charge in [0.05, 0.1) is 12.2 Å². The summed E-state index contributed by atoms with van der Waals surface area (Å²) in [5, 5.41) is 14.1. The molecule has 3 nitrogen and oxygen atoms in total. The molecule has 2 saturated heterocycles. The van der Waals surface area contributed by atoms with Crippen LogP contribution >= 0.6 is 0 Å². The first kappa shape index (κ1) is 20.2. The summed E-state index contributed by atoms with van der Waals surface area (Å²) in [7, 11) is 0. The van der Waals surface area contributed by atoms with Gasteiger partial charge in [-0.05, 0) is 98.2 Å². The smallest absolute Gasteiger partial charge is 0.122 e. The highest BCUT2D eigenvalue weighted by atomic mass is 16.5. The molecule has 5 fully saturated rings. The van der Waals surface area contributed by atoms with Crippen molar-refractivity contribution < 1.29 is 9.84 Å². The lowest BCUT2D eigenvalue weighted by Gasteiger charge is -2.58. The second-order valence-corrected chi connectivity index (χ2v) is 12.8. The van der Waals surface area contributed by atoms with Crippen LogP contribution in [0, 0.1) is 46.3 Å². The van der Waals surface area contributed by atoms with Crippen molar-refractivity contribution >= 4 is 0 Å². The van der Waals surface area contributed by atoms with E-state index >= 15 is 0 Å². The Labute approximate surface area is 183 Å². The van der Waals surface area contributed by atoms with Gasteiger partial charge >= 0.3 is 0 Å². The molecule has 0 bridgehead atoms. The van der Waals surface area contributed by atoms with E-state index in [9.17, 15) is 5.11 Å². The van der Waals surface area contributed by atoms with Gasteiger partial charge < -0.3 is 9.84 Å². The maximum absolute atomic E-state index is 10.3. The molecule has 0 aromatic heterocycles. The van der Waals surface area contributed by atoms with Crippen molar-refractivity contribution in [2.45, 2.75) is 103 Å². The molecule has 6 rings (SSSR count). The molecule has 0 aromatic rings. The Morgan fingerprint density at radius 2 is 1.90 bits per heavy atom. The Kier molecular flexibility index (Phi) is 4.44. The van der Waals surface area contributed by atoms with Gasteiger partial charge in [0.1, 0.15) is 5.72 Å². The van der Waals surface area contributed by atoms with E-state index in [1.807, 2.05) is 0 Å². The maximum Gasteiger partial charge on any atom is 0.122 e. The van der Waals surface area contributed by atoms with Crippen LogP contribution in [0.1, 0.15) is 85.5 Å². The van der Waals surface area contributed by atoms with Crippen molar-refractivity contribution in [1.29, 1.82) is 0 Å². The van der Waals surface area contributed by atoms with Crippen molar-refractivity contribution in [3.63, 3.8) is 0 Å². The van der Waals surface area contributed by atoms with Crippen LogP contribution < -0.4 is 5.32 Å². The van der Waals surface area contributed by atoms with Crippen LogP contribution in [0.15, 0.2) is 11.6 Å². The van der Waals surface area contributed by atoms with E-state index in [4.69, 9.17) is 4.74 Å². The first-order chi connectivity index (χ1) is 14.3. The summed E-state index contributed by atoms with van der Waals surface area (Å²) in [5.41, 5.74) is 2.33. The Morgan fingerprint density at radius 1 is 1.07 bits per heavy atom. The van der Waals surface area contributed by atoms with Gasteiger partial charge in [-0.25, -0.2) is 0 Å². The molecule has 6 aliphatic rings. The third-order valence-corrected chi connectivity index (χ3v) is 11.6. The number of aliphatic hydroxyl groups excluding tert-OH is 1. The zero-order valence-corrected chi connectivity index (χ0v) is 19.6. The molecule has 168 valence electrons. The Bertz CT molecular complexity index is 739. The number of nitrogens with one attached hydrogen (secondary N) is 1. The molecule has 3 saturated carbocycles. The lowest BCUT2D eigenvalue weighted by Crippen LogP contribution is -2.57. The number of piperidine rings is 1. The minimum Gasteiger partial charge on any atom is -0.393 e. The predicted octanol–water partition coefficient (Wildman–Crippen LogP) is 5.29. The lowest BCUT2D eigenvalue weighted by molar-refractivity contribution is -0.115. The fourth-order valence-electron chi connectivity index (χ4n) is 9.84. The number of rotatable bonds is 0. The highest BCUT2D eigenvalue weighted by molar-refractivity contribution is 5.26. The summed E-state index contributed by atoms with van der Waals surface area (Å²) in [4.78, 5) is 0. The summed E-state index contributed by atoms with van der Waals surface area (Å²) in [6, 6.07) is 0. The lowest BCUT2D eigenvalue weighted by atomic mass is 9.47. The molecule has 11 atom stereocenters. The Hall–Kier alpha value is -0.380. The van der Waals surface area contributed by atoms with Crippen LogP contribution in [-0.2, 0) is 4.74 Å². The molecule has 2 aliphatic heterocycles. The standard InChI is InChI=1S/C27H43NO2/c1-16-7-12-27(28-15-16)17(2)24-23(30-27)14-22-20-6-5-18-13-19(29)8-10-25(18,3)21(20)9-11-26(22,24)4/h5,16-17,19-24,28-29H,6-15H2,1-4H3/t16-,17-,19-,20-,21-,22+,23+,24-,25+,26+,27+/m0/s1. The van der Waals surface area contributed by atoms with Gasteiger partial charge in [0.25, 0.3) is 0 Å². The molecular formula is C27H43NO2. The van der Waals surface area contributed by atoms with Crippen LogP contribution in [0.3, 0.4) is 0 Å². The zero-order chi connectivity index (χ0) is 20.9. The van der Waals surface area contributed by atoms with Crippen LogP contribution in [-0.4, -0.2) is 29.6 Å². The van der Waals surface area contributed by atoms with E-state index in [-0.39, 0.29) is 11.8 Å². The third kappa shape index (κ3) is 2.55. The van der Waals surface area contributed by atoms with Crippen LogP contribution in [0.25, 0.3) is 0 Å². The van der Waals surface area contributed by atoms with E-state index in [0.29, 0.717) is 22.9 Å². The number of fused-ring (bicyclic) bond motifs is 7. The first-order valence-corrected chi connectivity index (χ1v) is 13.1. The van der Waals surface area contributed by atoms with Gasteiger partial charge in [0.15, 0.2) is 0 Å². The van der Waals surface area contributed by atoms with E-state index < -0.39 is 0 Å². The van der Waals surface area contributed by atoms with Crippen molar-refractivity contribution in [2.24, 2.45) is 46.3 Å². The Balaban J connectivity index is 1.28. The number of allylic oxidation sites excluding steroid dienone is 1. The van der Waals surface area contributed by atoms with Crippen LogP contribution in [0.4, 0.5) is 0 Å². The third-order valence-electron chi connectivity index (χ3n) is 11.6.